The zero-order valence-electron chi connectivity index (χ0n) is 20.2. The van der Waals surface area contributed by atoms with E-state index in [1.807, 2.05) is 83.8 Å². The average Bonchev–Trinajstić information content (AvgIpc) is 2.97. The Kier molecular flexibility index (Phi) is 7.82. The molecule has 6 nitrogen and oxygen atoms in total. The minimum atomic E-state index is -1.46. The number of benzene rings is 3. The molecule has 2 heterocycles. The van der Waals surface area contributed by atoms with Gasteiger partial charge in [0.05, 0.1) is 23.3 Å². The molecule has 0 saturated carbocycles. The van der Waals surface area contributed by atoms with Gasteiger partial charge >= 0.3 is 0 Å². The molecule has 1 fully saturated rings. The van der Waals surface area contributed by atoms with E-state index >= 15 is 0 Å². The molecular formula is C29H27ClN4O2S. The number of carbonyl (C=O) groups excluding carboxylic acids is 1. The Hall–Kier alpha value is -3.68. The summed E-state index contributed by atoms with van der Waals surface area (Å²) in [7, 11) is -1.46. The summed E-state index contributed by atoms with van der Waals surface area (Å²) < 4.78 is 15.3. The zero-order valence-corrected chi connectivity index (χ0v) is 21.8. The number of para-hydroxylation sites is 1. The Morgan fingerprint density at radius 3 is 2.11 bits per heavy atom. The predicted octanol–water partition coefficient (Wildman–Crippen LogP) is 5.43. The molecule has 0 bridgehead atoms. The molecule has 0 aliphatic carbocycles. The molecular weight excluding hydrogens is 504 g/mol. The van der Waals surface area contributed by atoms with Crippen LogP contribution in [0.4, 0.5) is 11.4 Å². The SMILES string of the molecule is O=C(c1ccc(N(Cc2ccc(Cl)cc2)S(=O)c2ccccc2)cn1)N1CCN(c2ccccc2)CC1. The van der Waals surface area contributed by atoms with Crippen molar-refractivity contribution in [3.8, 4) is 0 Å². The van der Waals surface area contributed by atoms with Crippen LogP contribution in [0.3, 0.4) is 0 Å². The van der Waals surface area contributed by atoms with Gasteiger partial charge in [-0.1, -0.05) is 60.1 Å². The molecule has 1 atom stereocenters. The van der Waals surface area contributed by atoms with Gasteiger partial charge < -0.3 is 9.80 Å². The minimum absolute atomic E-state index is 0.0901. The van der Waals surface area contributed by atoms with E-state index in [-0.39, 0.29) is 5.91 Å². The van der Waals surface area contributed by atoms with Crippen molar-refractivity contribution in [2.45, 2.75) is 11.4 Å². The van der Waals surface area contributed by atoms with Crippen LogP contribution in [0.5, 0.6) is 0 Å². The molecule has 1 saturated heterocycles. The highest BCUT2D eigenvalue weighted by molar-refractivity contribution is 7.86. The van der Waals surface area contributed by atoms with Crippen LogP contribution in [-0.4, -0.2) is 46.2 Å². The van der Waals surface area contributed by atoms with E-state index in [9.17, 15) is 9.00 Å². The zero-order chi connectivity index (χ0) is 25.6. The van der Waals surface area contributed by atoms with Gasteiger partial charge in [-0.25, -0.2) is 9.19 Å². The standard InChI is InChI=1S/C29H27ClN4O2S/c30-24-13-11-23(12-14-24)22-34(37(36)27-9-5-2-6-10-27)26-15-16-28(31-21-26)29(35)33-19-17-32(18-20-33)25-7-3-1-4-8-25/h1-16,21H,17-20,22H2. The van der Waals surface area contributed by atoms with E-state index in [1.54, 1.807) is 16.6 Å². The van der Waals surface area contributed by atoms with E-state index in [0.717, 1.165) is 18.7 Å². The van der Waals surface area contributed by atoms with Crippen LogP contribution >= 0.6 is 11.6 Å². The molecule has 1 amide bonds. The number of nitrogens with zero attached hydrogens (tertiary/aromatic N) is 4. The molecule has 8 heteroatoms. The van der Waals surface area contributed by atoms with Crippen LogP contribution < -0.4 is 9.21 Å². The molecule has 4 aromatic rings. The normalized spacial score (nSPS) is 14.3. The number of anilines is 2. The molecule has 5 rings (SSSR count). The van der Waals surface area contributed by atoms with Crippen molar-refractivity contribution in [1.82, 2.24) is 9.88 Å². The van der Waals surface area contributed by atoms with Gasteiger partial charge in [-0.05, 0) is 54.1 Å². The van der Waals surface area contributed by atoms with Crippen molar-refractivity contribution in [3.63, 3.8) is 0 Å². The van der Waals surface area contributed by atoms with Gasteiger partial charge in [0.25, 0.3) is 5.91 Å². The van der Waals surface area contributed by atoms with E-state index in [2.05, 4.69) is 22.0 Å². The van der Waals surface area contributed by atoms with Crippen LogP contribution in [0.25, 0.3) is 0 Å². The summed E-state index contributed by atoms with van der Waals surface area (Å²) in [6, 6.07) is 30.5. The second-order valence-electron chi connectivity index (χ2n) is 8.74. The first-order chi connectivity index (χ1) is 18.1. The summed E-state index contributed by atoms with van der Waals surface area (Å²) >= 11 is 6.05. The molecule has 3 aromatic carbocycles. The Bertz CT molecular complexity index is 1340. The van der Waals surface area contributed by atoms with Crippen molar-refractivity contribution in [2.75, 3.05) is 35.4 Å². The first kappa shape index (κ1) is 25.0. The molecule has 1 aliphatic heterocycles. The minimum Gasteiger partial charge on any atom is -0.368 e. The predicted molar refractivity (Wildman–Crippen MR) is 149 cm³/mol. The largest absolute Gasteiger partial charge is 0.368 e. The maximum Gasteiger partial charge on any atom is 0.272 e. The van der Waals surface area contributed by atoms with Crippen molar-refractivity contribution in [3.05, 3.63) is 120 Å². The summed E-state index contributed by atoms with van der Waals surface area (Å²) in [5.74, 6) is -0.0901. The molecule has 0 N–H and O–H groups in total. The Morgan fingerprint density at radius 1 is 0.838 bits per heavy atom. The fourth-order valence-corrected chi connectivity index (χ4v) is 5.63. The fraction of sp³-hybridized carbons (Fsp3) is 0.172. The van der Waals surface area contributed by atoms with E-state index in [4.69, 9.17) is 11.6 Å². The molecule has 1 unspecified atom stereocenters. The number of halogens is 1. The molecule has 0 radical (unpaired) electrons. The number of hydrogen-bond donors (Lipinski definition) is 0. The summed E-state index contributed by atoms with van der Waals surface area (Å²) in [6.07, 6.45) is 1.63. The van der Waals surface area contributed by atoms with E-state index < -0.39 is 11.0 Å². The van der Waals surface area contributed by atoms with Crippen molar-refractivity contribution in [1.29, 1.82) is 0 Å². The van der Waals surface area contributed by atoms with Gasteiger partial charge in [-0.3, -0.25) is 9.10 Å². The lowest BCUT2D eigenvalue weighted by Crippen LogP contribution is -2.49. The number of piperazine rings is 1. The number of hydrogen-bond acceptors (Lipinski definition) is 4. The molecule has 188 valence electrons. The van der Waals surface area contributed by atoms with E-state index in [1.165, 1.54) is 5.69 Å². The van der Waals surface area contributed by atoms with Gasteiger partial charge in [0, 0.05) is 36.9 Å². The average molecular weight is 531 g/mol. The highest BCUT2D eigenvalue weighted by atomic mass is 35.5. The Balaban J connectivity index is 1.31. The number of aromatic nitrogens is 1. The van der Waals surface area contributed by atoms with Crippen LogP contribution in [0.15, 0.2) is 108 Å². The smallest absolute Gasteiger partial charge is 0.272 e. The molecule has 37 heavy (non-hydrogen) atoms. The quantitative estimate of drug-likeness (QED) is 0.320. The van der Waals surface area contributed by atoms with Crippen molar-refractivity contribution in [2.24, 2.45) is 0 Å². The summed E-state index contributed by atoms with van der Waals surface area (Å²) in [4.78, 5) is 22.5. The molecule has 1 aromatic heterocycles. The number of amides is 1. The molecule has 1 aliphatic rings. The van der Waals surface area contributed by atoms with Crippen LogP contribution in [-0.2, 0) is 17.5 Å². The maximum absolute atomic E-state index is 13.5. The second kappa shape index (κ2) is 11.6. The lowest BCUT2D eigenvalue weighted by Gasteiger charge is -2.36. The van der Waals surface area contributed by atoms with Crippen LogP contribution in [0.1, 0.15) is 16.1 Å². The van der Waals surface area contributed by atoms with Gasteiger partial charge in [-0.2, -0.15) is 0 Å². The fourth-order valence-electron chi connectivity index (χ4n) is 4.29. The van der Waals surface area contributed by atoms with Crippen LogP contribution in [0.2, 0.25) is 5.02 Å². The van der Waals surface area contributed by atoms with Crippen molar-refractivity contribution >= 4 is 39.9 Å². The summed E-state index contributed by atoms with van der Waals surface area (Å²) in [6.45, 7) is 3.22. The Labute approximate surface area is 224 Å². The third-order valence-corrected chi connectivity index (χ3v) is 8.00. The summed E-state index contributed by atoms with van der Waals surface area (Å²) in [5.41, 5.74) is 3.19. The monoisotopic (exact) mass is 530 g/mol. The topological polar surface area (TPSA) is 56.8 Å². The second-order valence-corrected chi connectivity index (χ2v) is 10.6. The number of carbonyl (C=O) groups is 1. The third kappa shape index (κ3) is 6.01. The van der Waals surface area contributed by atoms with Gasteiger partial charge in [0.1, 0.15) is 5.69 Å². The summed E-state index contributed by atoms with van der Waals surface area (Å²) in [5, 5.41) is 0.647. The highest BCUT2D eigenvalue weighted by Gasteiger charge is 2.24. The van der Waals surface area contributed by atoms with Crippen molar-refractivity contribution < 1.29 is 9.00 Å². The number of rotatable bonds is 7. The number of pyridine rings is 1. The van der Waals surface area contributed by atoms with Crippen LogP contribution in [0, 0.1) is 0 Å². The van der Waals surface area contributed by atoms with Gasteiger partial charge in [-0.15, -0.1) is 0 Å². The molecule has 0 spiro atoms. The highest BCUT2D eigenvalue weighted by Crippen LogP contribution is 2.24. The lowest BCUT2D eigenvalue weighted by molar-refractivity contribution is 0.0741. The van der Waals surface area contributed by atoms with Gasteiger partial charge in [0.15, 0.2) is 11.0 Å². The van der Waals surface area contributed by atoms with E-state index in [0.29, 0.717) is 40.9 Å². The lowest BCUT2D eigenvalue weighted by atomic mass is 10.2. The first-order valence-electron chi connectivity index (χ1n) is 12.1. The Morgan fingerprint density at radius 2 is 1.49 bits per heavy atom. The maximum atomic E-state index is 13.5. The first-order valence-corrected chi connectivity index (χ1v) is 13.6. The van der Waals surface area contributed by atoms with Gasteiger partial charge in [0.2, 0.25) is 0 Å². The third-order valence-electron chi connectivity index (χ3n) is 6.33.